The number of nitrogens with one attached hydrogen (secondary N) is 1. The topological polar surface area (TPSA) is 107 Å². The molecule has 0 saturated carbocycles. The number of nitrogens with zero attached hydrogens (tertiary/aromatic N) is 4. The number of nitrogens with two attached hydrogens (primary N) is 1. The monoisotopic (exact) mass is 350 g/mol. The Labute approximate surface area is 152 Å². The van der Waals surface area contributed by atoms with E-state index in [0.29, 0.717) is 36.1 Å². The van der Waals surface area contributed by atoms with Gasteiger partial charge in [0.15, 0.2) is 11.6 Å². The molecule has 1 atom stereocenters. The predicted molar refractivity (Wildman–Crippen MR) is 102 cm³/mol. The third-order valence-electron chi connectivity index (χ3n) is 4.10. The van der Waals surface area contributed by atoms with E-state index in [0.717, 1.165) is 12.1 Å². The van der Waals surface area contributed by atoms with Gasteiger partial charge in [-0.05, 0) is 37.1 Å². The van der Waals surface area contributed by atoms with Crippen LogP contribution in [0.2, 0.25) is 0 Å². The van der Waals surface area contributed by atoms with Crippen molar-refractivity contribution in [1.82, 2.24) is 19.9 Å². The largest absolute Gasteiger partial charge is 0.368 e. The Hall–Kier alpha value is -3.09. The van der Waals surface area contributed by atoms with Gasteiger partial charge in [0.2, 0.25) is 5.95 Å². The van der Waals surface area contributed by atoms with E-state index < -0.39 is 0 Å². The maximum Gasteiger partial charge on any atom is 0.222 e. The second-order valence-corrected chi connectivity index (χ2v) is 6.07. The van der Waals surface area contributed by atoms with Crippen LogP contribution in [0.3, 0.4) is 0 Å². The molecule has 26 heavy (non-hydrogen) atoms. The third kappa shape index (κ3) is 4.30. The highest BCUT2D eigenvalue weighted by molar-refractivity contribution is 5.91. The molecule has 0 saturated heterocycles. The van der Waals surface area contributed by atoms with Gasteiger partial charge in [0.05, 0.1) is 11.6 Å². The van der Waals surface area contributed by atoms with Crippen molar-refractivity contribution >= 4 is 28.6 Å². The van der Waals surface area contributed by atoms with Gasteiger partial charge in [0.25, 0.3) is 0 Å². The predicted octanol–water partition coefficient (Wildman–Crippen LogP) is 2.78. The lowest BCUT2D eigenvalue weighted by Gasteiger charge is -2.18. The average Bonchev–Trinajstić information content (AvgIpc) is 2.66. The fourth-order valence-corrected chi connectivity index (χ4v) is 2.82. The molecule has 7 nitrogen and oxygen atoms in total. The minimum atomic E-state index is -0.344. The smallest absolute Gasteiger partial charge is 0.222 e. The van der Waals surface area contributed by atoms with Crippen molar-refractivity contribution in [1.29, 1.82) is 0 Å². The van der Waals surface area contributed by atoms with Crippen LogP contribution < -0.4 is 11.1 Å². The summed E-state index contributed by atoms with van der Waals surface area (Å²) in [6, 6.07) is 8.99. The van der Waals surface area contributed by atoms with Crippen molar-refractivity contribution in [3.05, 3.63) is 48.4 Å². The van der Waals surface area contributed by atoms with Crippen LogP contribution in [0.1, 0.15) is 31.9 Å². The maximum atomic E-state index is 12.7. The van der Waals surface area contributed by atoms with Crippen molar-refractivity contribution in [2.24, 2.45) is 0 Å². The molecule has 0 radical (unpaired) electrons. The van der Waals surface area contributed by atoms with Gasteiger partial charge >= 0.3 is 0 Å². The Morgan fingerprint density at radius 3 is 2.77 bits per heavy atom. The van der Waals surface area contributed by atoms with Gasteiger partial charge < -0.3 is 11.1 Å². The number of hydrogen-bond acceptors (Lipinski definition) is 7. The lowest BCUT2D eigenvalue weighted by molar-refractivity contribution is -0.119. The number of fused-ring (bicyclic) bond motifs is 1. The highest BCUT2D eigenvalue weighted by Crippen LogP contribution is 2.20. The summed E-state index contributed by atoms with van der Waals surface area (Å²) in [7, 11) is 0. The molecule has 3 N–H and O–H groups in total. The number of Topliss-reactive ketones (excluding diaryl/α,β-unsaturated/α-hetero) is 1. The molecular formula is C19H22N6O. The first-order valence-electron chi connectivity index (χ1n) is 8.74. The number of aryl methyl sites for hydroxylation is 1. The quantitative estimate of drug-likeness (QED) is 0.643. The number of hydrogen-bond donors (Lipinski definition) is 2. The first kappa shape index (κ1) is 17.7. The summed E-state index contributed by atoms with van der Waals surface area (Å²) in [5.41, 5.74) is 7.98. The minimum absolute atomic E-state index is 0.124. The van der Waals surface area contributed by atoms with Gasteiger partial charge in [-0.1, -0.05) is 19.4 Å². The highest BCUT2D eigenvalue weighted by atomic mass is 16.1. The van der Waals surface area contributed by atoms with Crippen LogP contribution in [0.25, 0.3) is 11.0 Å². The number of carbonyl (C=O) groups is 1. The molecule has 0 aromatic carbocycles. The van der Waals surface area contributed by atoms with Crippen molar-refractivity contribution in [3.63, 3.8) is 0 Å². The first-order valence-corrected chi connectivity index (χ1v) is 8.74. The molecule has 3 aromatic rings. The van der Waals surface area contributed by atoms with Crippen LogP contribution in [0.4, 0.5) is 11.8 Å². The normalized spacial score (nSPS) is 12.0. The Morgan fingerprint density at radius 1 is 1.15 bits per heavy atom. The van der Waals surface area contributed by atoms with E-state index in [2.05, 4.69) is 25.3 Å². The summed E-state index contributed by atoms with van der Waals surface area (Å²) in [5.74, 6) is 0.778. The number of aromatic nitrogens is 4. The van der Waals surface area contributed by atoms with Gasteiger partial charge in [0.1, 0.15) is 5.52 Å². The molecule has 0 amide bonds. The van der Waals surface area contributed by atoms with Crippen LogP contribution in [-0.4, -0.2) is 31.8 Å². The van der Waals surface area contributed by atoms with Gasteiger partial charge in [-0.2, -0.15) is 4.98 Å². The molecule has 3 aromatic heterocycles. The lowest BCUT2D eigenvalue weighted by Crippen LogP contribution is -2.30. The fraction of sp³-hybridized carbons (Fsp3) is 0.316. The molecule has 0 aliphatic rings. The fourth-order valence-electron chi connectivity index (χ4n) is 2.82. The van der Waals surface area contributed by atoms with Crippen LogP contribution in [0, 0.1) is 0 Å². The van der Waals surface area contributed by atoms with E-state index in [4.69, 9.17) is 5.73 Å². The standard InChI is InChI=1S/C19H22N6O/c1-2-6-14(16(26)10-9-13-7-3-4-11-21-13)23-18-17-15(8-5-12-22-17)24-19(20)25-18/h3-5,7-8,11-12,14H,2,6,9-10H2,1H3,(H3,20,23,24,25)/t14-/m0/s1. The molecule has 0 aliphatic heterocycles. The van der Waals surface area contributed by atoms with Gasteiger partial charge in [-0.15, -0.1) is 0 Å². The highest BCUT2D eigenvalue weighted by Gasteiger charge is 2.20. The van der Waals surface area contributed by atoms with Crippen molar-refractivity contribution in [3.8, 4) is 0 Å². The zero-order valence-corrected chi connectivity index (χ0v) is 14.7. The molecule has 7 heteroatoms. The van der Waals surface area contributed by atoms with Gasteiger partial charge in [-0.3, -0.25) is 14.8 Å². The van der Waals surface area contributed by atoms with Crippen molar-refractivity contribution < 1.29 is 4.79 Å². The Morgan fingerprint density at radius 2 is 2.00 bits per heavy atom. The number of carbonyl (C=O) groups excluding carboxylic acids is 1. The molecule has 0 fully saturated rings. The molecule has 3 heterocycles. The summed E-state index contributed by atoms with van der Waals surface area (Å²) in [4.78, 5) is 29.8. The van der Waals surface area contributed by atoms with Crippen molar-refractivity contribution in [2.45, 2.75) is 38.6 Å². The second-order valence-electron chi connectivity index (χ2n) is 6.07. The summed E-state index contributed by atoms with van der Waals surface area (Å²) < 4.78 is 0. The first-order chi connectivity index (χ1) is 12.7. The number of nitrogen functional groups attached to an aromatic ring is 1. The van der Waals surface area contributed by atoms with Crippen molar-refractivity contribution in [2.75, 3.05) is 11.1 Å². The zero-order chi connectivity index (χ0) is 18.4. The Kier molecular flexibility index (Phi) is 5.68. The lowest BCUT2D eigenvalue weighted by atomic mass is 10.0. The van der Waals surface area contributed by atoms with Crippen LogP contribution in [-0.2, 0) is 11.2 Å². The van der Waals surface area contributed by atoms with E-state index >= 15 is 0 Å². The summed E-state index contributed by atoms with van der Waals surface area (Å²) in [5, 5.41) is 3.24. The number of ketones is 1. The third-order valence-corrected chi connectivity index (χ3v) is 4.10. The Balaban J connectivity index is 1.77. The van der Waals surface area contributed by atoms with Crippen LogP contribution >= 0.6 is 0 Å². The molecule has 0 bridgehead atoms. The van der Waals surface area contributed by atoms with E-state index in [9.17, 15) is 4.79 Å². The molecule has 134 valence electrons. The van der Waals surface area contributed by atoms with E-state index in [1.165, 1.54) is 0 Å². The number of anilines is 2. The van der Waals surface area contributed by atoms with E-state index in [1.54, 1.807) is 18.5 Å². The molecule has 3 rings (SSSR count). The second kappa shape index (κ2) is 8.33. The summed E-state index contributed by atoms with van der Waals surface area (Å²) in [6.07, 6.45) is 6.03. The minimum Gasteiger partial charge on any atom is -0.368 e. The van der Waals surface area contributed by atoms with E-state index in [1.807, 2.05) is 31.2 Å². The number of rotatable bonds is 8. The molecule has 0 aliphatic carbocycles. The van der Waals surface area contributed by atoms with Gasteiger partial charge in [0, 0.05) is 24.5 Å². The van der Waals surface area contributed by atoms with Crippen LogP contribution in [0.5, 0.6) is 0 Å². The molecular weight excluding hydrogens is 328 g/mol. The molecule has 0 unspecified atom stereocenters. The zero-order valence-electron chi connectivity index (χ0n) is 14.7. The Bertz CT molecular complexity index is 884. The molecule has 0 spiro atoms. The number of pyridine rings is 2. The maximum absolute atomic E-state index is 12.7. The summed E-state index contributed by atoms with van der Waals surface area (Å²) >= 11 is 0. The summed E-state index contributed by atoms with van der Waals surface area (Å²) in [6.45, 7) is 2.05. The SMILES string of the molecule is CCC[C@H](Nc1nc(N)nc2cccnc12)C(=O)CCc1ccccn1. The average molecular weight is 350 g/mol. The van der Waals surface area contributed by atoms with Crippen LogP contribution in [0.15, 0.2) is 42.7 Å². The van der Waals surface area contributed by atoms with E-state index in [-0.39, 0.29) is 17.8 Å². The van der Waals surface area contributed by atoms with Gasteiger partial charge in [-0.25, -0.2) is 4.98 Å².